The Morgan fingerprint density at radius 3 is 2.16 bits per heavy atom. The molecule has 0 fully saturated rings. The molecule has 5 heteroatoms. The van der Waals surface area contributed by atoms with Gasteiger partial charge in [-0.15, -0.1) is 0 Å². The summed E-state index contributed by atoms with van der Waals surface area (Å²) in [6.45, 7) is 2.74. The van der Waals surface area contributed by atoms with Crippen molar-refractivity contribution in [1.29, 1.82) is 0 Å². The van der Waals surface area contributed by atoms with Crippen LogP contribution in [0.15, 0.2) is 41.3 Å². The number of nitrogens with zero attached hydrogens (tertiary/aromatic N) is 2. The predicted molar refractivity (Wildman–Crippen MR) is 107 cm³/mol. The minimum Gasteiger partial charge on any atom is -0.377 e. The van der Waals surface area contributed by atoms with Crippen molar-refractivity contribution >= 4 is 26.5 Å². The maximum atomic E-state index is 13.1. The second kappa shape index (κ2) is 8.68. The van der Waals surface area contributed by atoms with Crippen LogP contribution in [0.5, 0.6) is 0 Å². The van der Waals surface area contributed by atoms with E-state index in [1.807, 2.05) is 49.3 Å². The molecule has 0 saturated heterocycles. The summed E-state index contributed by atoms with van der Waals surface area (Å²) in [6.07, 6.45) is 5.56. The molecule has 0 aliphatic heterocycles. The number of benzene rings is 2. The van der Waals surface area contributed by atoms with E-state index in [1.165, 1.54) is 23.6 Å². The first-order valence-corrected chi connectivity index (χ1v) is 10.5. The highest BCUT2D eigenvalue weighted by atomic mass is 32.2. The van der Waals surface area contributed by atoms with Gasteiger partial charge in [-0.25, -0.2) is 12.7 Å². The minimum atomic E-state index is -3.49. The van der Waals surface area contributed by atoms with E-state index in [1.54, 1.807) is 13.1 Å². The number of hydrogen-bond donors (Lipinski definition) is 0. The summed E-state index contributed by atoms with van der Waals surface area (Å²) in [6, 6.07) is 11.3. The van der Waals surface area contributed by atoms with Crippen LogP contribution in [-0.4, -0.2) is 40.4 Å². The lowest BCUT2D eigenvalue weighted by Crippen LogP contribution is -2.28. The molecule has 0 aliphatic carbocycles. The Hall–Kier alpha value is -1.59. The van der Waals surface area contributed by atoms with Crippen LogP contribution < -0.4 is 4.90 Å². The van der Waals surface area contributed by atoms with Crippen LogP contribution in [0.4, 0.5) is 5.69 Å². The predicted octanol–water partition coefficient (Wildman–Crippen LogP) is 4.50. The summed E-state index contributed by atoms with van der Waals surface area (Å²) in [5, 5.41) is 1.75. The SMILES string of the molecule is CCCCCCCN(C)S(=O)(=O)c1cccc2c(N(C)C)cccc12. The van der Waals surface area contributed by atoms with Crippen molar-refractivity contribution in [2.24, 2.45) is 0 Å². The number of anilines is 1. The van der Waals surface area contributed by atoms with Gasteiger partial charge in [-0.05, 0) is 18.6 Å². The van der Waals surface area contributed by atoms with E-state index in [2.05, 4.69) is 6.92 Å². The zero-order valence-electron chi connectivity index (χ0n) is 15.8. The van der Waals surface area contributed by atoms with Crippen molar-refractivity contribution in [3.8, 4) is 0 Å². The Bertz CT molecular complexity index is 800. The Balaban J connectivity index is 2.29. The fourth-order valence-electron chi connectivity index (χ4n) is 3.11. The highest BCUT2D eigenvalue weighted by Crippen LogP contribution is 2.31. The summed E-state index contributed by atoms with van der Waals surface area (Å²) >= 11 is 0. The first-order valence-electron chi connectivity index (χ1n) is 9.05. The molecule has 0 spiro atoms. The number of unbranched alkanes of at least 4 members (excludes halogenated alkanes) is 4. The van der Waals surface area contributed by atoms with Gasteiger partial charge in [0.15, 0.2) is 0 Å². The van der Waals surface area contributed by atoms with Crippen molar-refractivity contribution < 1.29 is 8.42 Å². The quantitative estimate of drug-likeness (QED) is 0.617. The Morgan fingerprint density at radius 2 is 1.48 bits per heavy atom. The number of rotatable bonds is 9. The van der Waals surface area contributed by atoms with Crippen molar-refractivity contribution in [3.05, 3.63) is 36.4 Å². The fraction of sp³-hybridized carbons (Fsp3) is 0.500. The molecule has 2 aromatic rings. The van der Waals surface area contributed by atoms with Crippen LogP contribution >= 0.6 is 0 Å². The van der Waals surface area contributed by atoms with Gasteiger partial charge < -0.3 is 4.90 Å². The summed E-state index contributed by atoms with van der Waals surface area (Å²) in [7, 11) is 2.14. The van der Waals surface area contributed by atoms with Gasteiger partial charge in [-0.3, -0.25) is 0 Å². The molecular formula is C20H30N2O2S. The highest BCUT2D eigenvalue weighted by Gasteiger charge is 2.23. The average Bonchev–Trinajstić information content (AvgIpc) is 2.60. The molecule has 138 valence electrons. The molecule has 0 aromatic heterocycles. The molecule has 0 saturated carbocycles. The molecule has 0 radical (unpaired) electrons. The van der Waals surface area contributed by atoms with E-state index in [-0.39, 0.29) is 0 Å². The smallest absolute Gasteiger partial charge is 0.243 e. The molecule has 0 unspecified atom stereocenters. The number of fused-ring (bicyclic) bond motifs is 1. The minimum absolute atomic E-state index is 0.393. The molecule has 0 bridgehead atoms. The van der Waals surface area contributed by atoms with E-state index in [4.69, 9.17) is 0 Å². The lowest BCUT2D eigenvalue weighted by atomic mass is 10.1. The van der Waals surface area contributed by atoms with Gasteiger partial charge in [-0.1, -0.05) is 56.9 Å². The molecule has 0 atom stereocenters. The Morgan fingerprint density at radius 1 is 0.840 bits per heavy atom. The van der Waals surface area contributed by atoms with Crippen LogP contribution in [0.3, 0.4) is 0 Å². The van der Waals surface area contributed by atoms with E-state index in [9.17, 15) is 8.42 Å². The average molecular weight is 363 g/mol. The molecule has 0 N–H and O–H groups in total. The van der Waals surface area contributed by atoms with Gasteiger partial charge in [0, 0.05) is 44.1 Å². The van der Waals surface area contributed by atoms with Gasteiger partial charge in [0.05, 0.1) is 4.90 Å². The van der Waals surface area contributed by atoms with Crippen LogP contribution in [-0.2, 0) is 10.0 Å². The third-order valence-corrected chi connectivity index (χ3v) is 6.52. The monoisotopic (exact) mass is 362 g/mol. The Kier molecular flexibility index (Phi) is 6.85. The zero-order chi connectivity index (χ0) is 18.4. The van der Waals surface area contributed by atoms with Crippen molar-refractivity contribution in [1.82, 2.24) is 4.31 Å². The topological polar surface area (TPSA) is 40.6 Å². The molecule has 4 nitrogen and oxygen atoms in total. The molecule has 2 rings (SSSR count). The molecule has 0 heterocycles. The normalized spacial score (nSPS) is 12.0. The largest absolute Gasteiger partial charge is 0.377 e. The van der Waals surface area contributed by atoms with Crippen molar-refractivity contribution in [2.45, 2.75) is 43.9 Å². The number of hydrogen-bond acceptors (Lipinski definition) is 3. The van der Waals surface area contributed by atoms with E-state index < -0.39 is 10.0 Å². The maximum absolute atomic E-state index is 13.1. The van der Waals surface area contributed by atoms with E-state index in [0.29, 0.717) is 11.4 Å². The lowest BCUT2D eigenvalue weighted by Gasteiger charge is -2.20. The van der Waals surface area contributed by atoms with Gasteiger partial charge in [-0.2, -0.15) is 0 Å². The molecule has 25 heavy (non-hydrogen) atoms. The van der Waals surface area contributed by atoms with Gasteiger partial charge >= 0.3 is 0 Å². The Labute approximate surface area is 152 Å². The zero-order valence-corrected chi connectivity index (χ0v) is 16.6. The van der Waals surface area contributed by atoms with Crippen molar-refractivity contribution in [3.63, 3.8) is 0 Å². The maximum Gasteiger partial charge on any atom is 0.243 e. The lowest BCUT2D eigenvalue weighted by molar-refractivity contribution is 0.450. The molecule has 0 amide bonds. The van der Waals surface area contributed by atoms with Crippen molar-refractivity contribution in [2.75, 3.05) is 32.6 Å². The first-order chi connectivity index (χ1) is 11.9. The van der Waals surface area contributed by atoms with Crippen LogP contribution in [0, 0.1) is 0 Å². The second-order valence-corrected chi connectivity index (χ2v) is 8.78. The second-order valence-electron chi connectivity index (χ2n) is 6.76. The summed E-state index contributed by atoms with van der Waals surface area (Å²) < 4.78 is 27.6. The fourth-order valence-corrected chi connectivity index (χ4v) is 4.52. The molecular weight excluding hydrogens is 332 g/mol. The van der Waals surface area contributed by atoms with E-state index >= 15 is 0 Å². The summed E-state index contributed by atoms with van der Waals surface area (Å²) in [5.41, 5.74) is 1.02. The van der Waals surface area contributed by atoms with Gasteiger partial charge in [0.1, 0.15) is 0 Å². The van der Waals surface area contributed by atoms with Crippen LogP contribution in [0.25, 0.3) is 10.8 Å². The van der Waals surface area contributed by atoms with Gasteiger partial charge in [0.2, 0.25) is 10.0 Å². The van der Waals surface area contributed by atoms with Crippen LogP contribution in [0.2, 0.25) is 0 Å². The summed E-state index contributed by atoms with van der Waals surface area (Å²) in [5.74, 6) is 0. The third kappa shape index (κ3) is 4.53. The summed E-state index contributed by atoms with van der Waals surface area (Å²) in [4.78, 5) is 2.40. The molecule has 2 aromatic carbocycles. The number of sulfonamides is 1. The molecule has 0 aliphatic rings. The van der Waals surface area contributed by atoms with E-state index in [0.717, 1.165) is 29.3 Å². The standard InChI is InChI=1S/C20H30N2O2S/c1-5-6-7-8-9-16-22(4)25(23,24)20-15-11-12-17-18(20)13-10-14-19(17)21(2)3/h10-15H,5-9,16H2,1-4H3. The first kappa shape index (κ1) is 19.7. The third-order valence-electron chi connectivity index (χ3n) is 4.61. The van der Waals surface area contributed by atoms with Gasteiger partial charge in [0.25, 0.3) is 0 Å². The highest BCUT2D eigenvalue weighted by molar-refractivity contribution is 7.89. The van der Waals surface area contributed by atoms with Crippen LogP contribution in [0.1, 0.15) is 39.0 Å².